The van der Waals surface area contributed by atoms with Gasteiger partial charge in [-0.3, -0.25) is 0 Å². The highest BCUT2D eigenvalue weighted by atomic mass is 79.9. The molecule has 5 heteroatoms. The lowest BCUT2D eigenvalue weighted by molar-refractivity contribution is 0.415. The molecule has 1 aliphatic rings. The molecule has 1 fully saturated rings. The number of benzene rings is 1. The average Bonchev–Trinajstić information content (AvgIpc) is 2.19. The highest BCUT2D eigenvalue weighted by Crippen LogP contribution is 2.26. The Balaban J connectivity index is 0.00000112. The van der Waals surface area contributed by atoms with Crippen LogP contribution in [0.5, 0.6) is 0 Å². The van der Waals surface area contributed by atoms with E-state index in [2.05, 4.69) is 26.6 Å². The lowest BCUT2D eigenvalue weighted by Gasteiger charge is -2.25. The monoisotopic (exact) mass is 294 g/mol. The summed E-state index contributed by atoms with van der Waals surface area (Å²) in [5.41, 5.74) is 0.722. The van der Waals surface area contributed by atoms with E-state index in [4.69, 9.17) is 0 Å². The molecule has 2 N–H and O–H groups in total. The lowest BCUT2D eigenvalue weighted by atomic mass is 10.1. The van der Waals surface area contributed by atoms with Crippen LogP contribution in [0.25, 0.3) is 0 Å². The van der Waals surface area contributed by atoms with E-state index in [1.807, 2.05) is 6.07 Å². The van der Waals surface area contributed by atoms with Crippen molar-refractivity contribution in [2.45, 2.75) is 6.04 Å². The van der Waals surface area contributed by atoms with Gasteiger partial charge in [-0.25, -0.2) is 4.39 Å². The normalized spacial score (nSPS) is 20.8. The highest BCUT2D eigenvalue weighted by Gasteiger charge is 2.19. The molecule has 0 aromatic heterocycles. The molecule has 1 aliphatic heterocycles. The first-order valence-electron chi connectivity index (χ1n) is 4.67. The molecule has 15 heavy (non-hydrogen) atoms. The summed E-state index contributed by atoms with van der Waals surface area (Å²) in [4.78, 5) is 0. The van der Waals surface area contributed by atoms with E-state index in [1.165, 1.54) is 6.07 Å². The maximum absolute atomic E-state index is 13.5. The Morgan fingerprint density at radius 1 is 1.33 bits per heavy atom. The SMILES string of the molecule is Cl.Fc1cccc(Br)c1[C@@H]1CNCCN1. The topological polar surface area (TPSA) is 24.1 Å². The minimum Gasteiger partial charge on any atom is -0.314 e. The van der Waals surface area contributed by atoms with E-state index in [9.17, 15) is 4.39 Å². The minimum absolute atomic E-state index is 0. The van der Waals surface area contributed by atoms with Gasteiger partial charge in [-0.15, -0.1) is 12.4 Å². The van der Waals surface area contributed by atoms with Crippen LogP contribution >= 0.6 is 28.3 Å². The van der Waals surface area contributed by atoms with Gasteiger partial charge in [-0.05, 0) is 12.1 Å². The second-order valence-electron chi connectivity index (χ2n) is 3.35. The molecule has 1 aromatic rings. The van der Waals surface area contributed by atoms with E-state index in [0.29, 0.717) is 0 Å². The number of halogens is 3. The van der Waals surface area contributed by atoms with E-state index in [-0.39, 0.29) is 24.3 Å². The van der Waals surface area contributed by atoms with Crippen LogP contribution in [0.4, 0.5) is 4.39 Å². The lowest BCUT2D eigenvalue weighted by Crippen LogP contribution is -2.43. The molecule has 0 bridgehead atoms. The van der Waals surface area contributed by atoms with Gasteiger partial charge in [0, 0.05) is 35.7 Å². The van der Waals surface area contributed by atoms with E-state index in [0.717, 1.165) is 29.7 Å². The van der Waals surface area contributed by atoms with Crippen LogP contribution in [-0.4, -0.2) is 19.6 Å². The van der Waals surface area contributed by atoms with Crippen molar-refractivity contribution < 1.29 is 4.39 Å². The van der Waals surface area contributed by atoms with Crippen molar-refractivity contribution in [2.24, 2.45) is 0 Å². The molecule has 1 saturated heterocycles. The summed E-state index contributed by atoms with van der Waals surface area (Å²) in [6, 6.07) is 5.14. The molecule has 84 valence electrons. The van der Waals surface area contributed by atoms with Crippen molar-refractivity contribution >= 4 is 28.3 Å². The molecule has 0 unspecified atom stereocenters. The van der Waals surface area contributed by atoms with Gasteiger partial charge in [0.15, 0.2) is 0 Å². The van der Waals surface area contributed by atoms with Gasteiger partial charge < -0.3 is 10.6 Å². The van der Waals surface area contributed by atoms with Crippen molar-refractivity contribution in [3.8, 4) is 0 Å². The molecule has 0 radical (unpaired) electrons. The summed E-state index contributed by atoms with van der Waals surface area (Å²) in [7, 11) is 0. The van der Waals surface area contributed by atoms with Gasteiger partial charge in [0.2, 0.25) is 0 Å². The van der Waals surface area contributed by atoms with Crippen molar-refractivity contribution in [2.75, 3.05) is 19.6 Å². The first kappa shape index (κ1) is 12.9. The van der Waals surface area contributed by atoms with Gasteiger partial charge in [0.05, 0.1) is 0 Å². The van der Waals surface area contributed by atoms with Crippen molar-refractivity contribution in [3.05, 3.63) is 34.1 Å². The van der Waals surface area contributed by atoms with Crippen LogP contribution in [0.1, 0.15) is 11.6 Å². The quantitative estimate of drug-likeness (QED) is 0.830. The second-order valence-corrected chi connectivity index (χ2v) is 4.20. The molecule has 0 saturated carbocycles. The summed E-state index contributed by atoms with van der Waals surface area (Å²) in [6.45, 7) is 2.60. The van der Waals surface area contributed by atoms with E-state index < -0.39 is 0 Å². The Kier molecular flexibility index (Phi) is 4.99. The second kappa shape index (κ2) is 5.80. The predicted molar refractivity (Wildman–Crippen MR) is 65.0 cm³/mol. The van der Waals surface area contributed by atoms with Gasteiger partial charge >= 0.3 is 0 Å². The zero-order valence-corrected chi connectivity index (χ0v) is 10.5. The van der Waals surface area contributed by atoms with Crippen LogP contribution in [-0.2, 0) is 0 Å². The molecule has 0 aliphatic carbocycles. The van der Waals surface area contributed by atoms with Gasteiger partial charge in [0.25, 0.3) is 0 Å². The minimum atomic E-state index is -0.152. The smallest absolute Gasteiger partial charge is 0.129 e. The number of rotatable bonds is 1. The molecule has 2 rings (SSSR count). The molecule has 2 nitrogen and oxygen atoms in total. The van der Waals surface area contributed by atoms with Crippen molar-refractivity contribution in [1.82, 2.24) is 10.6 Å². The molecule has 0 amide bonds. The van der Waals surface area contributed by atoms with Crippen LogP contribution in [0, 0.1) is 5.82 Å². The van der Waals surface area contributed by atoms with Crippen LogP contribution < -0.4 is 10.6 Å². The molecular formula is C10H13BrClFN2. The van der Waals surface area contributed by atoms with Crippen molar-refractivity contribution in [3.63, 3.8) is 0 Å². The van der Waals surface area contributed by atoms with Crippen molar-refractivity contribution in [1.29, 1.82) is 0 Å². The summed E-state index contributed by atoms with van der Waals surface area (Å²) < 4.78 is 14.4. The van der Waals surface area contributed by atoms with E-state index in [1.54, 1.807) is 6.07 Å². The van der Waals surface area contributed by atoms with Crippen LogP contribution in [0.2, 0.25) is 0 Å². The van der Waals surface area contributed by atoms with Crippen LogP contribution in [0.15, 0.2) is 22.7 Å². The summed E-state index contributed by atoms with van der Waals surface area (Å²) in [6.07, 6.45) is 0. The molecular weight excluding hydrogens is 282 g/mol. The zero-order chi connectivity index (χ0) is 9.97. The number of nitrogens with one attached hydrogen (secondary N) is 2. The standard InChI is InChI=1S/C10H12BrFN2.ClH/c11-7-2-1-3-8(12)10(7)9-6-13-4-5-14-9;/h1-3,9,13-14H,4-6H2;1H/t9-;/m0./s1. The third-order valence-electron chi connectivity index (χ3n) is 2.39. The highest BCUT2D eigenvalue weighted by molar-refractivity contribution is 9.10. The maximum Gasteiger partial charge on any atom is 0.129 e. The predicted octanol–water partition coefficient (Wildman–Crippen LogP) is 2.24. The Morgan fingerprint density at radius 2 is 2.13 bits per heavy atom. The summed E-state index contributed by atoms with van der Waals surface area (Å²) >= 11 is 3.37. The third kappa shape index (κ3) is 2.91. The summed E-state index contributed by atoms with van der Waals surface area (Å²) in [5, 5.41) is 6.52. The Morgan fingerprint density at radius 3 is 2.73 bits per heavy atom. The maximum atomic E-state index is 13.5. The fraction of sp³-hybridized carbons (Fsp3) is 0.400. The average molecular weight is 296 g/mol. The van der Waals surface area contributed by atoms with E-state index >= 15 is 0 Å². The van der Waals surface area contributed by atoms with Gasteiger partial charge in [0.1, 0.15) is 5.82 Å². The molecule has 1 atom stereocenters. The van der Waals surface area contributed by atoms with Gasteiger partial charge in [-0.2, -0.15) is 0 Å². The number of hydrogen-bond acceptors (Lipinski definition) is 2. The third-order valence-corrected chi connectivity index (χ3v) is 3.08. The Hall–Kier alpha value is -0.160. The first-order chi connectivity index (χ1) is 6.79. The molecule has 1 heterocycles. The Labute approximate surface area is 103 Å². The van der Waals surface area contributed by atoms with Crippen LogP contribution in [0.3, 0.4) is 0 Å². The van der Waals surface area contributed by atoms with Gasteiger partial charge in [-0.1, -0.05) is 22.0 Å². The first-order valence-corrected chi connectivity index (χ1v) is 5.46. The fourth-order valence-electron chi connectivity index (χ4n) is 1.70. The number of piperazine rings is 1. The fourth-order valence-corrected chi connectivity index (χ4v) is 2.32. The number of hydrogen-bond donors (Lipinski definition) is 2. The molecule has 0 spiro atoms. The zero-order valence-electron chi connectivity index (χ0n) is 8.09. The summed E-state index contributed by atoms with van der Waals surface area (Å²) in [5.74, 6) is -0.152. The Bertz CT molecular complexity index is 309. The molecule has 1 aromatic carbocycles. The largest absolute Gasteiger partial charge is 0.314 e.